The highest BCUT2D eigenvalue weighted by molar-refractivity contribution is 5.92. The second-order valence-corrected chi connectivity index (χ2v) is 7.00. The van der Waals surface area contributed by atoms with Crippen molar-refractivity contribution in [1.82, 2.24) is 19.5 Å². The summed E-state index contributed by atoms with van der Waals surface area (Å²) in [5.41, 5.74) is 1.91. The lowest BCUT2D eigenvalue weighted by atomic mass is 10.1. The zero-order valence-corrected chi connectivity index (χ0v) is 15.4. The van der Waals surface area contributed by atoms with Crippen molar-refractivity contribution in [3.05, 3.63) is 47.3 Å². The van der Waals surface area contributed by atoms with Gasteiger partial charge in [-0.05, 0) is 44.4 Å². The Morgan fingerprint density at radius 1 is 1.26 bits per heavy atom. The fraction of sp³-hybridized carbons (Fsp3) is 0.400. The lowest BCUT2D eigenvalue weighted by Gasteiger charge is -2.28. The van der Waals surface area contributed by atoms with Crippen molar-refractivity contribution in [2.24, 2.45) is 0 Å². The minimum atomic E-state index is -0.331. The minimum Gasteiger partial charge on any atom is -0.394 e. The van der Waals surface area contributed by atoms with E-state index in [1.807, 2.05) is 18.2 Å². The molecule has 4 rings (SSSR count). The van der Waals surface area contributed by atoms with Crippen LogP contribution in [0.4, 0.5) is 5.82 Å². The molecule has 0 aromatic carbocycles. The fourth-order valence-electron chi connectivity index (χ4n) is 3.52. The zero-order chi connectivity index (χ0) is 18.8. The molecule has 0 aliphatic carbocycles. The predicted octanol–water partition coefficient (Wildman–Crippen LogP) is 2.40. The van der Waals surface area contributed by atoms with Crippen molar-refractivity contribution in [1.29, 1.82) is 0 Å². The summed E-state index contributed by atoms with van der Waals surface area (Å²) >= 11 is 0. The SMILES string of the molecule is CC(CO)n1cnc2c(-c3cccnc3)nc(N3CCCCC3)cc2c1=O. The largest absolute Gasteiger partial charge is 0.394 e. The molecule has 1 unspecified atom stereocenters. The van der Waals surface area contributed by atoms with Gasteiger partial charge in [0.25, 0.3) is 5.56 Å². The van der Waals surface area contributed by atoms with E-state index in [1.165, 1.54) is 17.3 Å². The number of fused-ring (bicyclic) bond motifs is 1. The molecule has 0 bridgehead atoms. The van der Waals surface area contributed by atoms with Gasteiger partial charge in [-0.3, -0.25) is 14.3 Å². The van der Waals surface area contributed by atoms with Gasteiger partial charge in [0.1, 0.15) is 17.0 Å². The molecule has 3 aromatic heterocycles. The van der Waals surface area contributed by atoms with Crippen LogP contribution in [-0.2, 0) is 0 Å². The summed E-state index contributed by atoms with van der Waals surface area (Å²) in [6.07, 6.45) is 8.42. The van der Waals surface area contributed by atoms with Crippen LogP contribution in [0.5, 0.6) is 0 Å². The fourth-order valence-corrected chi connectivity index (χ4v) is 3.52. The summed E-state index contributed by atoms with van der Waals surface area (Å²) in [6, 6.07) is 5.29. The van der Waals surface area contributed by atoms with Gasteiger partial charge in [0.05, 0.1) is 24.4 Å². The molecule has 1 N–H and O–H groups in total. The summed E-state index contributed by atoms with van der Waals surface area (Å²) in [7, 11) is 0. The molecule has 0 spiro atoms. The molecule has 1 saturated heterocycles. The van der Waals surface area contributed by atoms with E-state index in [0.717, 1.165) is 37.3 Å². The minimum absolute atomic E-state index is 0.118. The van der Waals surface area contributed by atoms with Crippen LogP contribution in [0, 0.1) is 0 Å². The first kappa shape index (κ1) is 17.6. The number of hydrogen-bond donors (Lipinski definition) is 1. The summed E-state index contributed by atoms with van der Waals surface area (Å²) in [4.78, 5) is 28.9. The molecule has 1 fully saturated rings. The average Bonchev–Trinajstić information content (AvgIpc) is 2.74. The Kier molecular flexibility index (Phi) is 4.85. The summed E-state index contributed by atoms with van der Waals surface area (Å²) in [5.74, 6) is 0.800. The first-order valence-corrected chi connectivity index (χ1v) is 9.37. The third kappa shape index (κ3) is 3.30. The van der Waals surface area contributed by atoms with Crippen LogP contribution in [-0.4, -0.2) is 44.3 Å². The van der Waals surface area contributed by atoms with Gasteiger partial charge in [-0.1, -0.05) is 0 Å². The summed E-state index contributed by atoms with van der Waals surface area (Å²) < 4.78 is 1.48. The smallest absolute Gasteiger partial charge is 0.261 e. The number of hydrogen-bond acceptors (Lipinski definition) is 6. The van der Waals surface area contributed by atoms with Crippen LogP contribution in [0.25, 0.3) is 22.2 Å². The molecule has 0 radical (unpaired) electrons. The van der Waals surface area contributed by atoms with E-state index >= 15 is 0 Å². The first-order valence-electron chi connectivity index (χ1n) is 9.37. The van der Waals surface area contributed by atoms with Gasteiger partial charge in [0, 0.05) is 31.0 Å². The number of pyridine rings is 2. The van der Waals surface area contributed by atoms with Gasteiger partial charge in [-0.25, -0.2) is 9.97 Å². The highest BCUT2D eigenvalue weighted by Crippen LogP contribution is 2.28. The number of nitrogens with zero attached hydrogens (tertiary/aromatic N) is 5. The van der Waals surface area contributed by atoms with E-state index in [2.05, 4.69) is 14.9 Å². The van der Waals surface area contributed by atoms with Crippen molar-refractivity contribution in [3.63, 3.8) is 0 Å². The Labute approximate surface area is 157 Å². The maximum Gasteiger partial charge on any atom is 0.261 e. The molecule has 7 heteroatoms. The number of aliphatic hydroxyl groups excluding tert-OH is 1. The van der Waals surface area contributed by atoms with Crippen LogP contribution in [0.2, 0.25) is 0 Å². The third-order valence-corrected chi connectivity index (χ3v) is 5.11. The molecular weight excluding hydrogens is 342 g/mol. The average molecular weight is 365 g/mol. The van der Waals surface area contributed by atoms with Crippen molar-refractivity contribution in [2.75, 3.05) is 24.6 Å². The highest BCUT2D eigenvalue weighted by Gasteiger charge is 2.19. The third-order valence-electron chi connectivity index (χ3n) is 5.11. The van der Waals surface area contributed by atoms with Crippen molar-refractivity contribution in [3.8, 4) is 11.3 Å². The number of anilines is 1. The molecule has 0 saturated carbocycles. The van der Waals surface area contributed by atoms with Crippen LogP contribution >= 0.6 is 0 Å². The molecule has 140 valence electrons. The zero-order valence-electron chi connectivity index (χ0n) is 15.4. The monoisotopic (exact) mass is 365 g/mol. The van der Waals surface area contributed by atoms with Crippen molar-refractivity contribution in [2.45, 2.75) is 32.2 Å². The van der Waals surface area contributed by atoms with Gasteiger partial charge in [-0.15, -0.1) is 0 Å². The Hall–Kier alpha value is -2.80. The molecule has 1 atom stereocenters. The summed E-state index contributed by atoms with van der Waals surface area (Å²) in [5, 5.41) is 9.98. The van der Waals surface area contributed by atoms with E-state index in [0.29, 0.717) is 16.6 Å². The molecule has 3 aromatic rings. The predicted molar refractivity (Wildman–Crippen MR) is 105 cm³/mol. The van der Waals surface area contributed by atoms with E-state index in [1.54, 1.807) is 19.3 Å². The van der Waals surface area contributed by atoms with Gasteiger partial charge in [0.2, 0.25) is 0 Å². The second-order valence-electron chi connectivity index (χ2n) is 7.00. The number of aromatic nitrogens is 4. The standard InChI is InChI=1S/C20H23N5O2/c1-14(12-26)25-13-22-19-16(20(25)27)10-17(24-8-3-2-4-9-24)23-18(19)15-6-5-7-21-11-15/h5-7,10-11,13-14,26H,2-4,8-9,12H2,1H3. The van der Waals surface area contributed by atoms with Crippen molar-refractivity contribution >= 4 is 16.7 Å². The quantitative estimate of drug-likeness (QED) is 0.764. The molecule has 1 aliphatic heterocycles. The molecular formula is C20H23N5O2. The number of piperidine rings is 1. The number of aliphatic hydroxyl groups is 1. The van der Waals surface area contributed by atoms with Gasteiger partial charge in [0.15, 0.2) is 0 Å². The maximum absolute atomic E-state index is 13.1. The summed E-state index contributed by atoms with van der Waals surface area (Å²) in [6.45, 7) is 3.55. The normalized spacial score (nSPS) is 15.9. The molecule has 4 heterocycles. The molecule has 0 amide bonds. The van der Waals surface area contributed by atoms with E-state index < -0.39 is 0 Å². The Morgan fingerprint density at radius 2 is 2.07 bits per heavy atom. The van der Waals surface area contributed by atoms with Crippen LogP contribution in [0.15, 0.2) is 41.7 Å². The van der Waals surface area contributed by atoms with Gasteiger partial charge in [-0.2, -0.15) is 0 Å². The van der Waals surface area contributed by atoms with Gasteiger partial charge >= 0.3 is 0 Å². The Bertz CT molecular complexity index is 996. The first-order chi connectivity index (χ1) is 13.2. The van der Waals surface area contributed by atoms with E-state index in [-0.39, 0.29) is 18.2 Å². The van der Waals surface area contributed by atoms with Crippen LogP contribution < -0.4 is 10.5 Å². The van der Waals surface area contributed by atoms with Crippen LogP contribution in [0.1, 0.15) is 32.2 Å². The van der Waals surface area contributed by atoms with E-state index in [9.17, 15) is 9.90 Å². The van der Waals surface area contributed by atoms with E-state index in [4.69, 9.17) is 4.98 Å². The van der Waals surface area contributed by atoms with Crippen LogP contribution in [0.3, 0.4) is 0 Å². The highest BCUT2D eigenvalue weighted by atomic mass is 16.3. The molecule has 7 nitrogen and oxygen atoms in total. The van der Waals surface area contributed by atoms with Gasteiger partial charge < -0.3 is 10.0 Å². The van der Waals surface area contributed by atoms with Crippen molar-refractivity contribution < 1.29 is 5.11 Å². The number of rotatable bonds is 4. The Morgan fingerprint density at radius 3 is 2.78 bits per heavy atom. The lowest BCUT2D eigenvalue weighted by Crippen LogP contribution is -2.31. The molecule has 1 aliphatic rings. The maximum atomic E-state index is 13.1. The lowest BCUT2D eigenvalue weighted by molar-refractivity contribution is 0.236. The molecule has 27 heavy (non-hydrogen) atoms. The Balaban J connectivity index is 1.96. The topological polar surface area (TPSA) is 84.1 Å². The second kappa shape index (κ2) is 7.44.